The Kier molecular flexibility index (Phi) is 6.16. The fourth-order valence-corrected chi connectivity index (χ4v) is 3.53. The van der Waals surface area contributed by atoms with E-state index in [4.69, 9.17) is 0 Å². The second-order valence-electron chi connectivity index (χ2n) is 7.08. The highest BCUT2D eigenvalue weighted by molar-refractivity contribution is 7.13. The zero-order chi connectivity index (χ0) is 18.6. The van der Waals surface area contributed by atoms with Crippen LogP contribution in [0.2, 0.25) is 0 Å². The van der Waals surface area contributed by atoms with E-state index in [0.29, 0.717) is 29.6 Å². The van der Waals surface area contributed by atoms with Gasteiger partial charge in [-0.2, -0.15) is 0 Å². The SMILES string of the molecule is CC1CCC(NC(=O)Cc2csc(NC(=O)C(C)C)n2)(C(=O)O)CC1. The molecule has 1 fully saturated rings. The number of rotatable bonds is 6. The molecule has 1 saturated carbocycles. The summed E-state index contributed by atoms with van der Waals surface area (Å²) in [7, 11) is 0. The molecule has 0 aliphatic heterocycles. The van der Waals surface area contributed by atoms with Gasteiger partial charge in [-0.05, 0) is 31.6 Å². The van der Waals surface area contributed by atoms with E-state index in [1.807, 2.05) is 0 Å². The molecule has 8 heteroatoms. The van der Waals surface area contributed by atoms with Crippen LogP contribution in [0.15, 0.2) is 5.38 Å². The number of thiazole rings is 1. The maximum absolute atomic E-state index is 12.3. The van der Waals surface area contributed by atoms with Crippen molar-refractivity contribution < 1.29 is 19.5 Å². The second kappa shape index (κ2) is 7.95. The number of amides is 2. The van der Waals surface area contributed by atoms with Crippen molar-refractivity contribution >= 4 is 34.3 Å². The monoisotopic (exact) mass is 367 g/mol. The molecule has 0 radical (unpaired) electrons. The van der Waals surface area contributed by atoms with Gasteiger partial charge in [0.05, 0.1) is 12.1 Å². The van der Waals surface area contributed by atoms with Crippen LogP contribution in [0.4, 0.5) is 5.13 Å². The molecule has 2 amide bonds. The van der Waals surface area contributed by atoms with Crippen LogP contribution in [0.3, 0.4) is 0 Å². The first-order valence-electron chi connectivity index (χ1n) is 8.51. The summed E-state index contributed by atoms with van der Waals surface area (Å²) >= 11 is 1.25. The Bertz CT molecular complexity index is 648. The summed E-state index contributed by atoms with van der Waals surface area (Å²) in [5, 5.41) is 17.1. The summed E-state index contributed by atoms with van der Waals surface area (Å²) in [6, 6.07) is 0. The molecule has 7 nitrogen and oxygen atoms in total. The first-order chi connectivity index (χ1) is 11.7. The average Bonchev–Trinajstić information content (AvgIpc) is 2.96. The summed E-state index contributed by atoms with van der Waals surface area (Å²) in [6.07, 6.45) is 2.46. The third kappa shape index (κ3) is 5.01. The van der Waals surface area contributed by atoms with Gasteiger partial charge in [-0.25, -0.2) is 9.78 Å². The van der Waals surface area contributed by atoms with Gasteiger partial charge in [-0.15, -0.1) is 11.3 Å². The fourth-order valence-electron chi connectivity index (χ4n) is 2.82. The molecule has 1 aromatic heterocycles. The summed E-state index contributed by atoms with van der Waals surface area (Å²) in [4.78, 5) is 39.9. The van der Waals surface area contributed by atoms with E-state index < -0.39 is 11.5 Å². The van der Waals surface area contributed by atoms with E-state index in [9.17, 15) is 19.5 Å². The van der Waals surface area contributed by atoms with Gasteiger partial charge in [0.15, 0.2) is 5.13 Å². The predicted octanol–water partition coefficient (Wildman–Crippen LogP) is 2.43. The molecule has 0 atom stereocenters. The van der Waals surface area contributed by atoms with Crippen molar-refractivity contribution in [2.24, 2.45) is 11.8 Å². The van der Waals surface area contributed by atoms with Crippen LogP contribution in [-0.2, 0) is 20.8 Å². The molecular weight excluding hydrogens is 342 g/mol. The van der Waals surface area contributed by atoms with Gasteiger partial charge in [0.25, 0.3) is 0 Å². The smallest absolute Gasteiger partial charge is 0.329 e. The van der Waals surface area contributed by atoms with Gasteiger partial charge in [0.2, 0.25) is 11.8 Å². The van der Waals surface area contributed by atoms with Crippen LogP contribution >= 0.6 is 11.3 Å². The molecule has 0 aromatic carbocycles. The Hall–Kier alpha value is -1.96. The number of anilines is 1. The second-order valence-corrected chi connectivity index (χ2v) is 7.94. The van der Waals surface area contributed by atoms with Gasteiger partial charge >= 0.3 is 5.97 Å². The summed E-state index contributed by atoms with van der Waals surface area (Å²) in [5.41, 5.74) is -0.653. The van der Waals surface area contributed by atoms with Crippen molar-refractivity contribution in [3.05, 3.63) is 11.1 Å². The highest BCUT2D eigenvalue weighted by atomic mass is 32.1. The summed E-state index contributed by atoms with van der Waals surface area (Å²) in [5.74, 6) is -1.14. The fraction of sp³-hybridized carbons (Fsp3) is 0.647. The van der Waals surface area contributed by atoms with Crippen LogP contribution < -0.4 is 10.6 Å². The Balaban J connectivity index is 1.96. The molecule has 0 unspecified atom stereocenters. The highest BCUT2D eigenvalue weighted by Crippen LogP contribution is 2.32. The van der Waals surface area contributed by atoms with E-state index in [2.05, 4.69) is 22.5 Å². The van der Waals surface area contributed by atoms with E-state index >= 15 is 0 Å². The zero-order valence-electron chi connectivity index (χ0n) is 14.8. The number of aliphatic carboxylic acids is 1. The number of hydrogen-bond acceptors (Lipinski definition) is 5. The number of carbonyl (C=O) groups excluding carboxylic acids is 2. The van der Waals surface area contributed by atoms with Crippen molar-refractivity contribution in [1.82, 2.24) is 10.3 Å². The van der Waals surface area contributed by atoms with E-state index in [1.165, 1.54) is 11.3 Å². The number of carbonyl (C=O) groups is 3. The predicted molar refractivity (Wildman–Crippen MR) is 95.4 cm³/mol. The molecule has 3 N–H and O–H groups in total. The Morgan fingerprint density at radius 3 is 2.56 bits per heavy atom. The number of nitrogens with one attached hydrogen (secondary N) is 2. The zero-order valence-corrected chi connectivity index (χ0v) is 15.6. The van der Waals surface area contributed by atoms with Crippen molar-refractivity contribution in [3.63, 3.8) is 0 Å². The number of carboxylic acids is 1. The lowest BCUT2D eigenvalue weighted by atomic mass is 9.77. The standard InChI is InChI=1S/C17H25N3O4S/c1-10(2)14(22)19-16-18-12(9-25-16)8-13(21)20-17(15(23)24)6-4-11(3)5-7-17/h9-11H,4-8H2,1-3H3,(H,20,21)(H,23,24)(H,18,19,22). The average molecular weight is 367 g/mol. The lowest BCUT2D eigenvalue weighted by Gasteiger charge is -2.36. The third-order valence-electron chi connectivity index (χ3n) is 4.56. The lowest BCUT2D eigenvalue weighted by Crippen LogP contribution is -2.56. The van der Waals surface area contributed by atoms with Crippen LogP contribution in [0.5, 0.6) is 0 Å². The normalized spacial score (nSPS) is 23.3. The molecule has 1 aliphatic rings. The first kappa shape index (κ1) is 19.4. The van der Waals surface area contributed by atoms with Crippen molar-refractivity contribution in [1.29, 1.82) is 0 Å². The quantitative estimate of drug-likeness (QED) is 0.715. The number of nitrogens with zero attached hydrogens (tertiary/aromatic N) is 1. The number of hydrogen-bond donors (Lipinski definition) is 3. The largest absolute Gasteiger partial charge is 0.480 e. The van der Waals surface area contributed by atoms with Crippen LogP contribution in [-0.4, -0.2) is 33.4 Å². The van der Waals surface area contributed by atoms with Crippen molar-refractivity contribution in [3.8, 4) is 0 Å². The number of carboxylic acid groups (broad SMARTS) is 1. The molecule has 0 saturated heterocycles. The van der Waals surface area contributed by atoms with Crippen LogP contribution in [0.25, 0.3) is 0 Å². The molecule has 0 bridgehead atoms. The van der Waals surface area contributed by atoms with Gasteiger partial charge in [0, 0.05) is 11.3 Å². The maximum atomic E-state index is 12.3. The van der Waals surface area contributed by atoms with Crippen molar-refractivity contribution in [2.75, 3.05) is 5.32 Å². The lowest BCUT2D eigenvalue weighted by molar-refractivity contribution is -0.149. The highest BCUT2D eigenvalue weighted by Gasteiger charge is 2.42. The molecule has 1 aliphatic carbocycles. The van der Waals surface area contributed by atoms with E-state index in [1.54, 1.807) is 19.2 Å². The minimum atomic E-state index is -1.17. The molecule has 25 heavy (non-hydrogen) atoms. The Morgan fingerprint density at radius 1 is 1.36 bits per heavy atom. The van der Waals surface area contributed by atoms with Crippen LogP contribution in [0.1, 0.15) is 52.1 Å². The Morgan fingerprint density at radius 2 is 2.00 bits per heavy atom. The topological polar surface area (TPSA) is 108 Å². The van der Waals surface area contributed by atoms with Gasteiger partial charge < -0.3 is 15.7 Å². The molecule has 0 spiro atoms. The first-order valence-corrected chi connectivity index (χ1v) is 9.39. The Labute approximate surface area is 151 Å². The minimum Gasteiger partial charge on any atom is -0.480 e. The van der Waals surface area contributed by atoms with E-state index in [-0.39, 0.29) is 24.2 Å². The summed E-state index contributed by atoms with van der Waals surface area (Å²) < 4.78 is 0. The van der Waals surface area contributed by atoms with Gasteiger partial charge in [-0.1, -0.05) is 20.8 Å². The molecule has 1 heterocycles. The van der Waals surface area contributed by atoms with Crippen molar-refractivity contribution in [2.45, 2.75) is 58.4 Å². The maximum Gasteiger partial charge on any atom is 0.329 e. The van der Waals surface area contributed by atoms with Gasteiger partial charge in [0.1, 0.15) is 5.54 Å². The molecule has 2 rings (SSSR count). The van der Waals surface area contributed by atoms with E-state index in [0.717, 1.165) is 12.8 Å². The van der Waals surface area contributed by atoms with Crippen LogP contribution in [0, 0.1) is 11.8 Å². The summed E-state index contributed by atoms with van der Waals surface area (Å²) in [6.45, 7) is 5.66. The number of aromatic nitrogens is 1. The van der Waals surface area contributed by atoms with Gasteiger partial charge in [-0.3, -0.25) is 9.59 Å². The minimum absolute atomic E-state index is 0.00136. The molecule has 1 aromatic rings. The molecular formula is C17H25N3O4S. The molecule has 138 valence electrons. The third-order valence-corrected chi connectivity index (χ3v) is 5.37.